The number of nitrogens with zero attached hydrogens (tertiary/aromatic N) is 1. The van der Waals surface area contributed by atoms with Gasteiger partial charge < -0.3 is 14.8 Å². The molecule has 0 unspecified atom stereocenters. The van der Waals surface area contributed by atoms with E-state index >= 15 is 0 Å². The van der Waals surface area contributed by atoms with Crippen LogP contribution in [0, 0.1) is 12.3 Å². The van der Waals surface area contributed by atoms with Gasteiger partial charge in [-0.2, -0.15) is 13.2 Å². The smallest absolute Gasteiger partial charge is 0.416 e. The zero-order chi connectivity index (χ0) is 26.6. The third-order valence-corrected chi connectivity index (χ3v) is 6.68. The van der Waals surface area contributed by atoms with Crippen LogP contribution in [0.25, 0.3) is 6.08 Å². The fraction of sp³-hybridized carbons (Fsp3) is 0.174. The molecule has 1 aliphatic rings. The van der Waals surface area contributed by atoms with E-state index in [9.17, 15) is 27.6 Å². The van der Waals surface area contributed by atoms with Crippen LogP contribution < -0.4 is 14.8 Å². The molecule has 0 spiro atoms. The first kappa shape index (κ1) is 27.6. The molecule has 0 saturated carbocycles. The van der Waals surface area contributed by atoms with Crippen molar-refractivity contribution in [2.24, 2.45) is 0 Å². The maximum atomic E-state index is 13.0. The molecule has 36 heavy (non-hydrogen) atoms. The molecule has 13 heteroatoms. The first-order valence-corrected chi connectivity index (χ1v) is 12.2. The molecule has 3 amide bonds. The van der Waals surface area contributed by atoms with E-state index in [1.165, 1.54) is 13.2 Å². The van der Waals surface area contributed by atoms with Gasteiger partial charge in [-0.3, -0.25) is 19.3 Å². The van der Waals surface area contributed by atoms with E-state index in [0.717, 1.165) is 12.1 Å². The largest absolute Gasteiger partial charge is 0.495 e. The van der Waals surface area contributed by atoms with Crippen LogP contribution >= 0.6 is 43.6 Å². The number of imide groups is 1. The number of anilines is 1. The summed E-state index contributed by atoms with van der Waals surface area (Å²) >= 11 is 7.33. The molecule has 188 valence electrons. The number of hydrogen-bond acceptors (Lipinski definition) is 6. The highest BCUT2D eigenvalue weighted by Gasteiger charge is 2.37. The zero-order valence-corrected chi connectivity index (χ0v) is 22.2. The molecule has 1 saturated heterocycles. The lowest BCUT2D eigenvalue weighted by atomic mass is 10.1. The van der Waals surface area contributed by atoms with Crippen LogP contribution in [0.4, 0.5) is 23.7 Å². The lowest BCUT2D eigenvalue weighted by molar-refractivity contribution is -0.137. The fourth-order valence-electron chi connectivity index (χ4n) is 3.02. The Labute approximate surface area is 224 Å². The summed E-state index contributed by atoms with van der Waals surface area (Å²) in [6.07, 6.45) is 2.02. The van der Waals surface area contributed by atoms with Gasteiger partial charge in [-0.15, -0.1) is 6.42 Å². The number of carbonyl (C=O) groups is 3. The Morgan fingerprint density at radius 2 is 1.89 bits per heavy atom. The second-order valence-corrected chi connectivity index (χ2v) is 9.74. The molecular weight excluding hydrogens is 633 g/mol. The third kappa shape index (κ3) is 6.43. The molecular formula is C23H15Br2F3N2O5S. The monoisotopic (exact) mass is 646 g/mol. The zero-order valence-electron chi connectivity index (χ0n) is 18.2. The van der Waals surface area contributed by atoms with Crippen molar-refractivity contribution in [3.05, 3.63) is 55.3 Å². The van der Waals surface area contributed by atoms with E-state index in [0.29, 0.717) is 43.0 Å². The van der Waals surface area contributed by atoms with Crippen molar-refractivity contribution in [3.8, 4) is 23.8 Å². The first-order valence-electron chi connectivity index (χ1n) is 9.80. The minimum Gasteiger partial charge on any atom is -0.495 e. The van der Waals surface area contributed by atoms with Crippen molar-refractivity contribution in [1.82, 2.24) is 4.90 Å². The standard InChI is InChI=1S/C23H15Br2F3N2O5S/c1-3-6-35-20-14(24)7-12(8-15(20)25)9-18-21(32)30(22(33)36-18)11-19(31)29-16-10-13(23(26,27)28)4-5-17(16)34-2/h1,4-5,7-10H,6,11H2,2H3,(H,29,31)/b18-9-. The number of ether oxygens (including phenoxy) is 2. The summed E-state index contributed by atoms with van der Waals surface area (Å²) in [4.78, 5) is 38.4. The van der Waals surface area contributed by atoms with Crippen LogP contribution in [-0.2, 0) is 15.8 Å². The fourth-order valence-corrected chi connectivity index (χ4v) is 5.31. The minimum atomic E-state index is -4.64. The summed E-state index contributed by atoms with van der Waals surface area (Å²) in [5.41, 5.74) is -0.701. The van der Waals surface area contributed by atoms with Crippen molar-refractivity contribution in [2.75, 3.05) is 25.6 Å². The summed E-state index contributed by atoms with van der Waals surface area (Å²) in [6.45, 7) is -0.655. The van der Waals surface area contributed by atoms with Crippen LogP contribution in [0.5, 0.6) is 11.5 Å². The number of benzene rings is 2. The highest BCUT2D eigenvalue weighted by atomic mass is 79.9. The third-order valence-electron chi connectivity index (χ3n) is 4.59. The molecule has 1 heterocycles. The molecule has 0 atom stereocenters. The van der Waals surface area contributed by atoms with E-state index < -0.39 is 35.3 Å². The van der Waals surface area contributed by atoms with Gasteiger partial charge in [0.1, 0.15) is 24.7 Å². The van der Waals surface area contributed by atoms with Gasteiger partial charge in [0, 0.05) is 0 Å². The van der Waals surface area contributed by atoms with Crippen LogP contribution in [0.1, 0.15) is 11.1 Å². The van der Waals surface area contributed by atoms with Gasteiger partial charge in [-0.25, -0.2) is 0 Å². The normalized spacial score (nSPS) is 14.7. The Kier molecular flexibility index (Phi) is 8.76. The van der Waals surface area contributed by atoms with Crippen LogP contribution in [0.15, 0.2) is 44.2 Å². The van der Waals surface area contributed by atoms with Gasteiger partial charge >= 0.3 is 6.18 Å². The van der Waals surface area contributed by atoms with Crippen molar-refractivity contribution in [2.45, 2.75) is 6.18 Å². The molecule has 3 rings (SSSR count). The van der Waals surface area contributed by atoms with Gasteiger partial charge in [-0.05, 0) is 85.6 Å². The van der Waals surface area contributed by atoms with Gasteiger partial charge in [0.25, 0.3) is 11.1 Å². The molecule has 1 fully saturated rings. The van der Waals surface area contributed by atoms with Crippen molar-refractivity contribution >= 4 is 72.4 Å². The average molecular weight is 648 g/mol. The lowest BCUT2D eigenvalue weighted by Gasteiger charge is -2.16. The lowest BCUT2D eigenvalue weighted by Crippen LogP contribution is -2.36. The van der Waals surface area contributed by atoms with E-state index in [1.807, 2.05) is 0 Å². The second kappa shape index (κ2) is 11.4. The Morgan fingerprint density at radius 3 is 2.47 bits per heavy atom. The van der Waals surface area contributed by atoms with E-state index in [4.69, 9.17) is 15.9 Å². The molecule has 1 N–H and O–H groups in total. The summed E-state index contributed by atoms with van der Waals surface area (Å²) in [5.74, 6) is 1.19. The topological polar surface area (TPSA) is 84.9 Å². The number of hydrogen-bond donors (Lipinski definition) is 1. The second-order valence-electron chi connectivity index (χ2n) is 7.04. The molecule has 7 nitrogen and oxygen atoms in total. The maximum absolute atomic E-state index is 13.0. The molecule has 2 aromatic rings. The predicted molar refractivity (Wildman–Crippen MR) is 135 cm³/mol. The number of methoxy groups -OCH3 is 1. The molecule has 0 aromatic heterocycles. The number of amides is 3. The predicted octanol–water partition coefficient (Wildman–Crippen LogP) is 5.93. The average Bonchev–Trinajstić information content (AvgIpc) is 3.05. The minimum absolute atomic E-state index is 0.0174. The molecule has 2 aromatic carbocycles. The number of rotatable bonds is 7. The SMILES string of the molecule is C#CCOc1c(Br)cc(/C=C2\SC(=O)N(CC(=O)Nc3cc(C(F)(F)F)ccc3OC)C2=O)cc1Br. The number of carbonyl (C=O) groups excluding carboxylic acids is 3. The van der Waals surface area contributed by atoms with Gasteiger partial charge in [-0.1, -0.05) is 5.92 Å². The number of nitrogens with one attached hydrogen (secondary N) is 1. The van der Waals surface area contributed by atoms with E-state index in [2.05, 4.69) is 43.1 Å². The molecule has 0 aliphatic carbocycles. The number of terminal acetylenes is 1. The van der Waals surface area contributed by atoms with Gasteiger partial charge in [0.15, 0.2) is 0 Å². The maximum Gasteiger partial charge on any atom is 0.416 e. The number of alkyl halides is 3. The van der Waals surface area contributed by atoms with Crippen LogP contribution in [0.3, 0.4) is 0 Å². The van der Waals surface area contributed by atoms with E-state index in [1.54, 1.807) is 12.1 Å². The highest BCUT2D eigenvalue weighted by Crippen LogP contribution is 2.38. The Hall–Kier alpha value is -2.95. The van der Waals surface area contributed by atoms with Gasteiger partial charge in [0.05, 0.1) is 32.2 Å². The summed E-state index contributed by atoms with van der Waals surface area (Å²) in [6, 6.07) is 5.87. The number of halogens is 5. The van der Waals surface area contributed by atoms with Crippen LogP contribution in [0.2, 0.25) is 0 Å². The highest BCUT2D eigenvalue weighted by molar-refractivity contribution is 9.11. The Balaban J connectivity index is 1.76. The Bertz CT molecular complexity index is 1280. The number of thioether (sulfide) groups is 1. The molecule has 0 bridgehead atoms. The van der Waals surface area contributed by atoms with Crippen molar-refractivity contribution in [1.29, 1.82) is 0 Å². The van der Waals surface area contributed by atoms with Crippen molar-refractivity contribution < 1.29 is 37.0 Å². The molecule has 1 aliphatic heterocycles. The Morgan fingerprint density at radius 1 is 1.22 bits per heavy atom. The van der Waals surface area contributed by atoms with Gasteiger partial charge in [0.2, 0.25) is 5.91 Å². The quantitative estimate of drug-likeness (QED) is 0.297. The van der Waals surface area contributed by atoms with Crippen molar-refractivity contribution in [3.63, 3.8) is 0 Å². The molecule has 0 radical (unpaired) electrons. The van der Waals surface area contributed by atoms with Crippen LogP contribution in [-0.4, -0.2) is 42.2 Å². The first-order chi connectivity index (χ1) is 16.9. The summed E-state index contributed by atoms with van der Waals surface area (Å²) in [7, 11) is 1.23. The summed E-state index contributed by atoms with van der Waals surface area (Å²) < 4.78 is 50.6. The van der Waals surface area contributed by atoms with E-state index in [-0.39, 0.29) is 22.9 Å². The summed E-state index contributed by atoms with van der Waals surface area (Å²) in [5, 5.41) is 1.56.